The van der Waals surface area contributed by atoms with Gasteiger partial charge in [-0.15, -0.1) is 0 Å². The molecule has 3 aromatic rings. The smallest absolute Gasteiger partial charge is 0.255 e. The number of nitrogens with zero attached hydrogens (tertiary/aromatic N) is 2. The first-order valence-corrected chi connectivity index (χ1v) is 12.3. The van der Waals surface area contributed by atoms with Gasteiger partial charge in [0.2, 0.25) is 10.0 Å². The van der Waals surface area contributed by atoms with Gasteiger partial charge < -0.3 is 14.2 Å². The van der Waals surface area contributed by atoms with E-state index in [1.165, 1.54) is 18.3 Å². The van der Waals surface area contributed by atoms with Crippen molar-refractivity contribution in [2.45, 2.75) is 11.4 Å². The van der Waals surface area contributed by atoms with Crippen LogP contribution in [0, 0.1) is 0 Å². The molecule has 1 aliphatic rings. The van der Waals surface area contributed by atoms with Crippen molar-refractivity contribution >= 4 is 22.1 Å². The van der Waals surface area contributed by atoms with Crippen molar-refractivity contribution in [3.05, 3.63) is 83.9 Å². The van der Waals surface area contributed by atoms with Crippen molar-refractivity contribution in [3.63, 3.8) is 0 Å². The van der Waals surface area contributed by atoms with Gasteiger partial charge in [-0.3, -0.25) is 4.79 Å². The maximum absolute atomic E-state index is 13.5. The molecule has 0 spiro atoms. The molecule has 0 saturated heterocycles. The molecular formula is C25H25N3O6S. The van der Waals surface area contributed by atoms with Crippen LogP contribution in [0.25, 0.3) is 0 Å². The van der Waals surface area contributed by atoms with Crippen LogP contribution in [-0.4, -0.2) is 51.7 Å². The van der Waals surface area contributed by atoms with Crippen LogP contribution in [0.2, 0.25) is 0 Å². The van der Waals surface area contributed by atoms with E-state index in [0.29, 0.717) is 30.5 Å². The van der Waals surface area contributed by atoms with Gasteiger partial charge in [0, 0.05) is 12.6 Å². The van der Waals surface area contributed by atoms with Gasteiger partial charge >= 0.3 is 0 Å². The number of carbonyl (C=O) groups excluding carboxylic acids is 1. The molecule has 1 aliphatic heterocycles. The molecule has 0 aromatic heterocycles. The lowest BCUT2D eigenvalue weighted by molar-refractivity contribution is -0.121. The summed E-state index contributed by atoms with van der Waals surface area (Å²) in [5, 5.41) is 3.95. The minimum atomic E-state index is -4.04. The molecular weight excluding hydrogens is 470 g/mol. The second-order valence-electron chi connectivity index (χ2n) is 7.63. The highest BCUT2D eigenvalue weighted by molar-refractivity contribution is 7.89. The van der Waals surface area contributed by atoms with E-state index in [0.717, 1.165) is 15.4 Å². The molecule has 1 heterocycles. The van der Waals surface area contributed by atoms with Gasteiger partial charge in [0.15, 0.2) is 11.5 Å². The number of benzene rings is 3. The number of ether oxygens (including phenoxy) is 3. The standard InChI is InChI=1S/C25H25N3O6S/c1-32-21-9-7-19(8-10-21)16-26-27-25(29)18-28(17-20-5-3-2-4-6-20)35(30,31)22-11-12-23-24(15-22)34-14-13-33-23/h2-12,15-16H,13-14,17-18H2,1H3,(H,27,29)/b26-16+. The fourth-order valence-corrected chi connectivity index (χ4v) is 4.81. The summed E-state index contributed by atoms with van der Waals surface area (Å²) in [6.07, 6.45) is 1.47. The highest BCUT2D eigenvalue weighted by Gasteiger charge is 2.28. The third-order valence-corrected chi connectivity index (χ3v) is 6.98. The van der Waals surface area contributed by atoms with Gasteiger partial charge in [-0.2, -0.15) is 9.41 Å². The van der Waals surface area contributed by atoms with Crippen molar-refractivity contribution in [1.82, 2.24) is 9.73 Å². The lowest BCUT2D eigenvalue weighted by Crippen LogP contribution is -2.39. The first-order chi connectivity index (χ1) is 17.0. The molecule has 0 saturated carbocycles. The number of carbonyl (C=O) groups is 1. The molecule has 9 nitrogen and oxygen atoms in total. The molecule has 0 fully saturated rings. The Morgan fingerprint density at radius 2 is 1.74 bits per heavy atom. The fraction of sp³-hybridized carbons (Fsp3) is 0.200. The predicted octanol–water partition coefficient (Wildman–Crippen LogP) is 2.81. The predicted molar refractivity (Wildman–Crippen MR) is 130 cm³/mol. The Morgan fingerprint density at radius 3 is 2.46 bits per heavy atom. The Labute approximate surface area is 204 Å². The molecule has 1 N–H and O–H groups in total. The largest absolute Gasteiger partial charge is 0.497 e. The highest BCUT2D eigenvalue weighted by atomic mass is 32.2. The van der Waals surface area contributed by atoms with E-state index >= 15 is 0 Å². The van der Waals surface area contributed by atoms with E-state index in [1.54, 1.807) is 49.6 Å². The molecule has 0 bridgehead atoms. The van der Waals surface area contributed by atoms with Crippen molar-refractivity contribution in [1.29, 1.82) is 0 Å². The van der Waals surface area contributed by atoms with Crippen LogP contribution in [0.5, 0.6) is 17.2 Å². The number of sulfonamides is 1. The van der Waals surface area contributed by atoms with Crippen LogP contribution in [0.15, 0.2) is 82.8 Å². The van der Waals surface area contributed by atoms with Gasteiger partial charge in [-0.1, -0.05) is 30.3 Å². The summed E-state index contributed by atoms with van der Waals surface area (Å²) in [4.78, 5) is 12.7. The zero-order valence-electron chi connectivity index (χ0n) is 19.1. The van der Waals surface area contributed by atoms with Crippen LogP contribution in [0.1, 0.15) is 11.1 Å². The van der Waals surface area contributed by atoms with Gasteiger partial charge in [0.05, 0.1) is 24.8 Å². The van der Waals surface area contributed by atoms with Crippen LogP contribution < -0.4 is 19.6 Å². The maximum atomic E-state index is 13.5. The average molecular weight is 496 g/mol. The van der Waals surface area contributed by atoms with Crippen molar-refractivity contribution in [2.75, 3.05) is 26.9 Å². The lowest BCUT2D eigenvalue weighted by Gasteiger charge is -2.23. The van der Waals surface area contributed by atoms with E-state index < -0.39 is 22.5 Å². The molecule has 0 unspecified atom stereocenters. The van der Waals surface area contributed by atoms with Crippen LogP contribution in [0.3, 0.4) is 0 Å². The van der Waals surface area contributed by atoms with Crippen molar-refractivity contribution in [2.24, 2.45) is 5.10 Å². The summed E-state index contributed by atoms with van der Waals surface area (Å²) in [6, 6.07) is 20.6. The van der Waals surface area contributed by atoms with Crippen LogP contribution >= 0.6 is 0 Å². The Balaban J connectivity index is 1.52. The first-order valence-electron chi connectivity index (χ1n) is 10.9. The summed E-state index contributed by atoms with van der Waals surface area (Å²) in [5.74, 6) is 0.958. The number of hydrogen-bond donors (Lipinski definition) is 1. The Kier molecular flexibility index (Phi) is 7.64. The van der Waals surface area contributed by atoms with Crippen molar-refractivity contribution in [3.8, 4) is 17.2 Å². The molecule has 4 rings (SSSR count). The number of methoxy groups -OCH3 is 1. The van der Waals surface area contributed by atoms with Gasteiger partial charge in [0.25, 0.3) is 5.91 Å². The number of amides is 1. The quantitative estimate of drug-likeness (QED) is 0.361. The van der Waals surface area contributed by atoms with Gasteiger partial charge in [-0.05, 0) is 47.5 Å². The minimum Gasteiger partial charge on any atom is -0.497 e. The zero-order valence-corrected chi connectivity index (χ0v) is 19.9. The van der Waals surface area contributed by atoms with E-state index in [1.807, 2.05) is 18.2 Å². The normalized spacial score (nSPS) is 13.1. The summed E-state index contributed by atoms with van der Waals surface area (Å²) >= 11 is 0. The van der Waals surface area contributed by atoms with Crippen molar-refractivity contribution < 1.29 is 27.4 Å². The first kappa shape index (κ1) is 24.2. The third kappa shape index (κ3) is 6.17. The summed E-state index contributed by atoms with van der Waals surface area (Å²) in [5.41, 5.74) is 3.88. The minimum absolute atomic E-state index is 0.00668. The molecule has 3 aromatic carbocycles. The summed E-state index contributed by atoms with van der Waals surface area (Å²) in [6.45, 7) is 0.314. The van der Waals surface area contributed by atoms with E-state index in [4.69, 9.17) is 14.2 Å². The average Bonchev–Trinajstić information content (AvgIpc) is 2.89. The summed E-state index contributed by atoms with van der Waals surface area (Å²) < 4.78 is 44.3. The SMILES string of the molecule is COc1ccc(/C=N/NC(=O)CN(Cc2ccccc2)S(=O)(=O)c2ccc3c(c2)OCCO3)cc1. The van der Waals surface area contributed by atoms with Crippen LogP contribution in [-0.2, 0) is 21.4 Å². The summed E-state index contributed by atoms with van der Waals surface area (Å²) in [7, 11) is -2.47. The van der Waals surface area contributed by atoms with Gasteiger partial charge in [-0.25, -0.2) is 13.8 Å². The molecule has 0 atom stereocenters. The monoisotopic (exact) mass is 495 g/mol. The second-order valence-corrected chi connectivity index (χ2v) is 9.57. The van der Waals surface area contributed by atoms with E-state index in [9.17, 15) is 13.2 Å². The Morgan fingerprint density at radius 1 is 1.03 bits per heavy atom. The Hall–Kier alpha value is -3.89. The Bertz CT molecular complexity index is 1290. The highest BCUT2D eigenvalue weighted by Crippen LogP contribution is 2.33. The number of rotatable bonds is 9. The molecule has 35 heavy (non-hydrogen) atoms. The number of nitrogens with one attached hydrogen (secondary N) is 1. The number of hydrogen-bond acceptors (Lipinski definition) is 7. The molecule has 10 heteroatoms. The molecule has 1 amide bonds. The number of hydrazone groups is 1. The number of fused-ring (bicyclic) bond motifs is 1. The molecule has 0 radical (unpaired) electrons. The van der Waals surface area contributed by atoms with Gasteiger partial charge in [0.1, 0.15) is 19.0 Å². The molecule has 182 valence electrons. The lowest BCUT2D eigenvalue weighted by atomic mass is 10.2. The molecule has 0 aliphatic carbocycles. The third-order valence-electron chi connectivity index (χ3n) is 5.19. The van der Waals surface area contributed by atoms with E-state index in [-0.39, 0.29) is 11.4 Å². The second kappa shape index (κ2) is 11.0. The maximum Gasteiger partial charge on any atom is 0.255 e. The zero-order chi connectivity index (χ0) is 24.7. The fourth-order valence-electron chi connectivity index (χ4n) is 3.41. The van der Waals surface area contributed by atoms with Crippen LogP contribution in [0.4, 0.5) is 0 Å². The topological polar surface area (TPSA) is 107 Å². The van der Waals surface area contributed by atoms with E-state index in [2.05, 4.69) is 10.5 Å².